The van der Waals surface area contributed by atoms with E-state index in [9.17, 15) is 9.46 Å². The van der Waals surface area contributed by atoms with E-state index in [2.05, 4.69) is 6.58 Å². The van der Waals surface area contributed by atoms with Gasteiger partial charge in [-0.1, -0.05) is 48.6 Å². The molecule has 0 amide bonds. The molecule has 2 aromatic rings. The third kappa shape index (κ3) is 3.14. The van der Waals surface area contributed by atoms with Crippen LogP contribution in [0.2, 0.25) is 0 Å². The zero-order chi connectivity index (χ0) is 13.9. The van der Waals surface area contributed by atoms with E-state index in [1.54, 1.807) is 48.5 Å². The number of rotatable bonds is 4. The molecule has 2 aromatic carbocycles. The van der Waals surface area contributed by atoms with Gasteiger partial charge in [0.1, 0.15) is 5.75 Å². The highest BCUT2D eigenvalue weighted by atomic mass is 31.2. The Morgan fingerprint density at radius 3 is 2.42 bits per heavy atom. The monoisotopic (exact) mass is 274 g/mol. The Kier molecular flexibility index (Phi) is 3.89. The maximum Gasteiger partial charge on any atom is 0.408 e. The van der Waals surface area contributed by atoms with E-state index in [0.717, 1.165) is 5.56 Å². The minimum atomic E-state index is -3.87. The van der Waals surface area contributed by atoms with Crippen LogP contribution >= 0.6 is 7.60 Å². The van der Waals surface area contributed by atoms with Gasteiger partial charge in [0, 0.05) is 5.56 Å². The number of hydrogen-bond donors (Lipinski definition) is 1. The molecule has 0 aliphatic carbocycles. The molecule has 2 rings (SSSR count). The first kappa shape index (κ1) is 13.6. The molecular weight excluding hydrogens is 259 g/mol. The minimum Gasteiger partial charge on any atom is -0.421 e. The molecule has 0 aliphatic heterocycles. The lowest BCUT2D eigenvalue weighted by Crippen LogP contribution is -2.09. The topological polar surface area (TPSA) is 46.5 Å². The van der Waals surface area contributed by atoms with Gasteiger partial charge in [0.15, 0.2) is 0 Å². The second-order valence-electron chi connectivity index (χ2n) is 4.19. The number of benzene rings is 2. The summed E-state index contributed by atoms with van der Waals surface area (Å²) in [5.74, 6) is 0.351. The van der Waals surface area contributed by atoms with Crippen molar-refractivity contribution in [3.8, 4) is 5.75 Å². The van der Waals surface area contributed by atoms with E-state index >= 15 is 0 Å². The predicted molar refractivity (Wildman–Crippen MR) is 77.8 cm³/mol. The predicted octanol–water partition coefficient (Wildman–Crippen LogP) is 3.53. The SMILES string of the molecule is C=Cc1ccccc1OP(=O)(O)c1ccc(C)cc1. The van der Waals surface area contributed by atoms with Crippen LogP contribution < -0.4 is 9.83 Å². The van der Waals surface area contributed by atoms with Gasteiger partial charge < -0.3 is 9.42 Å². The number of aryl methyl sites for hydroxylation is 1. The lowest BCUT2D eigenvalue weighted by molar-refractivity contribution is 0.393. The van der Waals surface area contributed by atoms with Crippen molar-refractivity contribution in [3.63, 3.8) is 0 Å². The van der Waals surface area contributed by atoms with Crippen molar-refractivity contribution < 1.29 is 14.0 Å². The molecule has 3 nitrogen and oxygen atoms in total. The largest absolute Gasteiger partial charge is 0.421 e. The second kappa shape index (κ2) is 5.43. The first-order valence-electron chi connectivity index (χ1n) is 5.84. The van der Waals surface area contributed by atoms with Crippen LogP contribution in [0.4, 0.5) is 0 Å². The number of para-hydroxylation sites is 1. The van der Waals surface area contributed by atoms with E-state index in [0.29, 0.717) is 11.3 Å². The van der Waals surface area contributed by atoms with Crippen LogP contribution in [0.3, 0.4) is 0 Å². The Labute approximate surface area is 112 Å². The molecule has 0 bridgehead atoms. The van der Waals surface area contributed by atoms with Gasteiger partial charge in [0.05, 0.1) is 5.30 Å². The van der Waals surface area contributed by atoms with Crippen LogP contribution in [0, 0.1) is 6.92 Å². The molecule has 0 spiro atoms. The summed E-state index contributed by atoms with van der Waals surface area (Å²) in [6, 6.07) is 13.8. The summed E-state index contributed by atoms with van der Waals surface area (Å²) < 4.78 is 17.6. The van der Waals surface area contributed by atoms with Crippen molar-refractivity contribution in [1.29, 1.82) is 0 Å². The fourth-order valence-electron chi connectivity index (χ4n) is 1.65. The first-order valence-corrected chi connectivity index (χ1v) is 7.42. The van der Waals surface area contributed by atoms with Gasteiger partial charge in [-0.15, -0.1) is 0 Å². The zero-order valence-corrected chi connectivity index (χ0v) is 11.5. The molecule has 0 aliphatic rings. The van der Waals surface area contributed by atoms with Crippen LogP contribution in [0.25, 0.3) is 6.08 Å². The summed E-state index contributed by atoms with van der Waals surface area (Å²) in [6.45, 7) is 5.57. The minimum absolute atomic E-state index is 0.275. The first-order chi connectivity index (χ1) is 9.03. The van der Waals surface area contributed by atoms with Gasteiger partial charge >= 0.3 is 7.60 Å². The van der Waals surface area contributed by atoms with Gasteiger partial charge in [-0.05, 0) is 25.1 Å². The maximum absolute atomic E-state index is 12.3. The van der Waals surface area contributed by atoms with Crippen LogP contribution in [0.1, 0.15) is 11.1 Å². The van der Waals surface area contributed by atoms with Crippen molar-refractivity contribution in [2.75, 3.05) is 0 Å². The highest BCUT2D eigenvalue weighted by Crippen LogP contribution is 2.42. The van der Waals surface area contributed by atoms with E-state index in [4.69, 9.17) is 4.52 Å². The molecule has 1 unspecified atom stereocenters. The van der Waals surface area contributed by atoms with E-state index in [1.165, 1.54) is 0 Å². The fourth-order valence-corrected chi connectivity index (χ4v) is 2.72. The van der Waals surface area contributed by atoms with Gasteiger partial charge in [0.2, 0.25) is 0 Å². The molecule has 0 saturated heterocycles. The lowest BCUT2D eigenvalue weighted by Gasteiger charge is -2.15. The van der Waals surface area contributed by atoms with Crippen molar-refractivity contribution >= 4 is 19.0 Å². The van der Waals surface area contributed by atoms with E-state index < -0.39 is 7.60 Å². The van der Waals surface area contributed by atoms with Crippen molar-refractivity contribution in [3.05, 3.63) is 66.2 Å². The lowest BCUT2D eigenvalue weighted by atomic mass is 10.2. The maximum atomic E-state index is 12.3. The van der Waals surface area contributed by atoms with Gasteiger partial charge in [-0.25, -0.2) is 4.57 Å². The van der Waals surface area contributed by atoms with Crippen LogP contribution in [0.15, 0.2) is 55.1 Å². The molecule has 0 heterocycles. The molecule has 19 heavy (non-hydrogen) atoms. The summed E-state index contributed by atoms with van der Waals surface area (Å²) in [7, 11) is -3.87. The summed E-state index contributed by atoms with van der Waals surface area (Å²) >= 11 is 0. The number of hydrogen-bond acceptors (Lipinski definition) is 2. The average molecular weight is 274 g/mol. The summed E-state index contributed by atoms with van der Waals surface area (Å²) in [5.41, 5.74) is 1.71. The van der Waals surface area contributed by atoms with Gasteiger partial charge in [-0.2, -0.15) is 0 Å². The Balaban J connectivity index is 2.33. The normalized spacial score (nSPS) is 13.6. The van der Waals surface area contributed by atoms with Gasteiger partial charge in [0.25, 0.3) is 0 Å². The molecule has 4 heteroatoms. The van der Waals surface area contributed by atoms with Crippen molar-refractivity contribution in [2.45, 2.75) is 6.92 Å². The fraction of sp³-hybridized carbons (Fsp3) is 0.0667. The Bertz CT molecular complexity index is 632. The quantitative estimate of drug-likeness (QED) is 0.867. The molecular formula is C15H15O3P. The molecule has 98 valence electrons. The molecule has 0 aromatic heterocycles. The molecule has 0 radical (unpaired) electrons. The van der Waals surface area contributed by atoms with Crippen LogP contribution in [-0.4, -0.2) is 4.89 Å². The van der Waals surface area contributed by atoms with Crippen molar-refractivity contribution in [1.82, 2.24) is 0 Å². The zero-order valence-electron chi connectivity index (χ0n) is 10.6. The summed E-state index contributed by atoms with van der Waals surface area (Å²) in [4.78, 5) is 10.0. The molecule has 0 fully saturated rings. The van der Waals surface area contributed by atoms with E-state index in [-0.39, 0.29) is 5.30 Å². The molecule has 0 saturated carbocycles. The Morgan fingerprint density at radius 1 is 1.16 bits per heavy atom. The van der Waals surface area contributed by atoms with Crippen molar-refractivity contribution in [2.24, 2.45) is 0 Å². The third-order valence-corrected chi connectivity index (χ3v) is 4.12. The highest BCUT2D eigenvalue weighted by Gasteiger charge is 2.24. The Hall–Kier alpha value is -1.83. The molecule has 1 atom stereocenters. The van der Waals surface area contributed by atoms with E-state index in [1.807, 2.05) is 13.0 Å². The van der Waals surface area contributed by atoms with Gasteiger partial charge in [-0.3, -0.25) is 0 Å². The summed E-state index contributed by atoms with van der Waals surface area (Å²) in [5, 5.41) is 0.275. The van der Waals surface area contributed by atoms with Crippen LogP contribution in [-0.2, 0) is 4.57 Å². The van der Waals surface area contributed by atoms with Crippen LogP contribution in [0.5, 0.6) is 5.75 Å². The average Bonchev–Trinajstić information content (AvgIpc) is 2.39. The third-order valence-electron chi connectivity index (χ3n) is 2.72. The second-order valence-corrected chi connectivity index (χ2v) is 5.93. The Morgan fingerprint density at radius 2 is 1.79 bits per heavy atom. The molecule has 1 N–H and O–H groups in total. The standard InChI is InChI=1S/C15H15O3P/c1-3-13-6-4-5-7-15(13)18-19(16,17)14-10-8-12(2)9-11-14/h3-11H,1H2,2H3,(H,16,17). The highest BCUT2D eigenvalue weighted by molar-refractivity contribution is 7.61. The smallest absolute Gasteiger partial charge is 0.408 e. The summed E-state index contributed by atoms with van der Waals surface area (Å²) in [6.07, 6.45) is 1.59.